The minimum Gasteiger partial charge on any atom is -0.322 e. The van der Waals surface area contributed by atoms with E-state index in [0.717, 1.165) is 5.56 Å². The fourth-order valence-electron chi connectivity index (χ4n) is 2.48. The lowest BCUT2D eigenvalue weighted by Gasteiger charge is -2.10. The molecule has 0 saturated carbocycles. The summed E-state index contributed by atoms with van der Waals surface area (Å²) in [6.45, 7) is 1.90. The molecule has 0 aliphatic heterocycles. The lowest BCUT2D eigenvalue weighted by Crippen LogP contribution is -2.16. The third-order valence-corrected chi connectivity index (χ3v) is 5.30. The number of rotatable bonds is 6. The molecule has 28 heavy (non-hydrogen) atoms. The molecule has 3 rings (SSSR count). The second-order valence-corrected chi connectivity index (χ2v) is 7.78. The summed E-state index contributed by atoms with van der Waals surface area (Å²) in [5, 5.41) is 5.43. The lowest BCUT2D eigenvalue weighted by molar-refractivity contribution is 0.102. The van der Waals surface area contributed by atoms with Gasteiger partial charge in [-0.15, -0.1) is 4.91 Å². The molecule has 3 aromatic carbocycles. The van der Waals surface area contributed by atoms with Crippen LogP contribution in [-0.2, 0) is 10.0 Å². The van der Waals surface area contributed by atoms with Gasteiger partial charge >= 0.3 is 0 Å². The molecule has 0 heterocycles. The van der Waals surface area contributed by atoms with E-state index in [0.29, 0.717) is 11.4 Å². The Hall–Kier alpha value is -3.52. The van der Waals surface area contributed by atoms with Gasteiger partial charge in [-0.25, -0.2) is 8.42 Å². The number of nitroso groups, excluding NO2 is 1. The first kappa shape index (κ1) is 19.2. The van der Waals surface area contributed by atoms with Gasteiger partial charge in [-0.05, 0) is 60.6 Å². The van der Waals surface area contributed by atoms with E-state index in [1.807, 2.05) is 6.92 Å². The number of benzene rings is 3. The van der Waals surface area contributed by atoms with Crippen molar-refractivity contribution in [2.75, 3.05) is 10.0 Å². The van der Waals surface area contributed by atoms with Crippen molar-refractivity contribution in [1.82, 2.24) is 0 Å². The molecule has 0 atom stereocenters. The molecule has 3 aromatic rings. The molecule has 2 N–H and O–H groups in total. The van der Waals surface area contributed by atoms with Crippen molar-refractivity contribution in [3.05, 3.63) is 88.8 Å². The number of aryl methyl sites for hydroxylation is 1. The summed E-state index contributed by atoms with van der Waals surface area (Å²) in [5.41, 5.74) is 2.16. The SMILES string of the molecule is Cc1ccc(NS(=O)(=O)c2cccc(C(=O)Nc3cccc(N=O)c3)c2)cc1. The Labute approximate surface area is 162 Å². The van der Waals surface area contributed by atoms with E-state index < -0.39 is 15.9 Å². The number of nitrogens with one attached hydrogen (secondary N) is 2. The molecule has 0 aliphatic carbocycles. The molecule has 0 unspecified atom stereocenters. The number of carbonyl (C=O) groups excluding carboxylic acids is 1. The minimum absolute atomic E-state index is 0.0379. The molecule has 0 saturated heterocycles. The summed E-state index contributed by atoms with van der Waals surface area (Å²) >= 11 is 0. The van der Waals surface area contributed by atoms with Gasteiger partial charge in [0.15, 0.2) is 0 Å². The lowest BCUT2D eigenvalue weighted by atomic mass is 10.2. The molecule has 8 heteroatoms. The zero-order valence-corrected chi connectivity index (χ0v) is 15.7. The van der Waals surface area contributed by atoms with Gasteiger partial charge in [0, 0.05) is 16.9 Å². The Morgan fingerprint density at radius 1 is 0.893 bits per heavy atom. The van der Waals surface area contributed by atoms with Crippen LogP contribution in [0.2, 0.25) is 0 Å². The van der Waals surface area contributed by atoms with E-state index >= 15 is 0 Å². The largest absolute Gasteiger partial charge is 0.322 e. The fraction of sp³-hybridized carbons (Fsp3) is 0.0500. The first-order chi connectivity index (χ1) is 13.4. The van der Waals surface area contributed by atoms with Gasteiger partial charge in [-0.3, -0.25) is 9.52 Å². The van der Waals surface area contributed by atoms with Crippen molar-refractivity contribution < 1.29 is 13.2 Å². The maximum Gasteiger partial charge on any atom is 0.261 e. The van der Waals surface area contributed by atoms with Crippen molar-refractivity contribution in [1.29, 1.82) is 0 Å². The van der Waals surface area contributed by atoms with Crippen LogP contribution in [0.1, 0.15) is 15.9 Å². The van der Waals surface area contributed by atoms with Gasteiger partial charge in [0.05, 0.1) is 4.90 Å². The second-order valence-electron chi connectivity index (χ2n) is 6.10. The van der Waals surface area contributed by atoms with Crippen molar-refractivity contribution >= 4 is 33.0 Å². The highest BCUT2D eigenvalue weighted by Gasteiger charge is 2.17. The van der Waals surface area contributed by atoms with Crippen molar-refractivity contribution in [2.45, 2.75) is 11.8 Å². The molecular formula is C20H17N3O4S. The first-order valence-corrected chi connectivity index (χ1v) is 9.80. The van der Waals surface area contributed by atoms with Crippen molar-refractivity contribution in [3.63, 3.8) is 0 Å². The van der Waals surface area contributed by atoms with Crippen LogP contribution < -0.4 is 10.0 Å². The Balaban J connectivity index is 1.81. The fourth-order valence-corrected chi connectivity index (χ4v) is 3.59. The van der Waals surface area contributed by atoms with Crippen LogP contribution in [0.3, 0.4) is 0 Å². The zero-order valence-electron chi connectivity index (χ0n) is 14.9. The normalized spacial score (nSPS) is 10.9. The van der Waals surface area contributed by atoms with Crippen LogP contribution in [0.5, 0.6) is 0 Å². The molecule has 142 valence electrons. The van der Waals surface area contributed by atoms with Crippen molar-refractivity contribution in [2.24, 2.45) is 5.18 Å². The van der Waals surface area contributed by atoms with E-state index in [-0.39, 0.29) is 16.1 Å². The summed E-state index contributed by atoms with van der Waals surface area (Å²) in [6.07, 6.45) is 0. The molecule has 1 amide bonds. The summed E-state index contributed by atoms with van der Waals surface area (Å²) < 4.78 is 27.7. The summed E-state index contributed by atoms with van der Waals surface area (Å²) in [7, 11) is -3.85. The quantitative estimate of drug-likeness (QED) is 0.602. The molecule has 0 radical (unpaired) electrons. The summed E-state index contributed by atoms with van der Waals surface area (Å²) in [6, 6.07) is 18.7. The molecule has 0 fully saturated rings. The van der Waals surface area contributed by atoms with Gasteiger partial charge in [0.2, 0.25) is 0 Å². The number of carbonyl (C=O) groups is 1. The van der Waals surface area contributed by atoms with Gasteiger partial charge < -0.3 is 5.32 Å². The van der Waals surface area contributed by atoms with Crippen LogP contribution in [0, 0.1) is 11.8 Å². The molecule has 7 nitrogen and oxygen atoms in total. The maximum absolute atomic E-state index is 12.6. The molecule has 0 bridgehead atoms. The minimum atomic E-state index is -3.85. The Bertz CT molecular complexity index is 1130. The standard InChI is InChI=1S/C20H17N3O4S/c1-14-8-10-16(11-9-14)23-28(26,27)19-7-2-4-15(12-19)20(24)21-17-5-3-6-18(13-17)22-25/h2-13,23H,1H3,(H,21,24). The van der Waals surface area contributed by atoms with Crippen LogP contribution in [0.25, 0.3) is 0 Å². The van der Waals surface area contributed by atoms with E-state index in [1.54, 1.807) is 36.4 Å². The summed E-state index contributed by atoms with van der Waals surface area (Å²) in [5.74, 6) is -0.504. The van der Waals surface area contributed by atoms with Gasteiger partial charge in [0.25, 0.3) is 15.9 Å². The molecule has 0 aromatic heterocycles. The summed E-state index contributed by atoms with van der Waals surface area (Å²) in [4.78, 5) is 23.0. The monoisotopic (exact) mass is 395 g/mol. The predicted octanol–water partition coefficient (Wildman–Crippen LogP) is 4.45. The average molecular weight is 395 g/mol. The Morgan fingerprint density at radius 2 is 1.61 bits per heavy atom. The van der Waals surface area contributed by atoms with Crippen LogP contribution in [0.15, 0.2) is 82.9 Å². The van der Waals surface area contributed by atoms with Gasteiger partial charge in [0.1, 0.15) is 5.69 Å². The third kappa shape index (κ3) is 4.60. The van der Waals surface area contributed by atoms with E-state index in [9.17, 15) is 18.1 Å². The molecular weight excluding hydrogens is 378 g/mol. The van der Waals surface area contributed by atoms with Crippen LogP contribution >= 0.6 is 0 Å². The average Bonchev–Trinajstić information content (AvgIpc) is 2.70. The van der Waals surface area contributed by atoms with E-state index in [4.69, 9.17) is 0 Å². The molecule has 0 aliphatic rings. The van der Waals surface area contributed by atoms with Crippen LogP contribution in [0.4, 0.5) is 17.1 Å². The second kappa shape index (κ2) is 8.01. The zero-order chi connectivity index (χ0) is 20.1. The number of nitrogens with zero attached hydrogens (tertiary/aromatic N) is 1. The Kier molecular flexibility index (Phi) is 5.51. The molecule has 0 spiro atoms. The smallest absolute Gasteiger partial charge is 0.261 e. The van der Waals surface area contributed by atoms with Gasteiger partial charge in [-0.2, -0.15) is 0 Å². The first-order valence-electron chi connectivity index (χ1n) is 8.32. The number of amides is 1. The highest BCUT2D eigenvalue weighted by Crippen LogP contribution is 2.20. The number of hydrogen-bond acceptors (Lipinski definition) is 5. The van der Waals surface area contributed by atoms with Crippen molar-refractivity contribution in [3.8, 4) is 0 Å². The Morgan fingerprint density at radius 3 is 2.32 bits per heavy atom. The number of sulfonamides is 1. The number of anilines is 2. The highest BCUT2D eigenvalue weighted by molar-refractivity contribution is 7.92. The topological polar surface area (TPSA) is 105 Å². The van der Waals surface area contributed by atoms with Crippen LogP contribution in [-0.4, -0.2) is 14.3 Å². The third-order valence-electron chi connectivity index (χ3n) is 3.92. The van der Waals surface area contributed by atoms with Gasteiger partial charge in [-0.1, -0.05) is 29.8 Å². The van der Waals surface area contributed by atoms with E-state index in [1.165, 1.54) is 36.4 Å². The van der Waals surface area contributed by atoms with E-state index in [2.05, 4.69) is 15.2 Å². The highest BCUT2D eigenvalue weighted by atomic mass is 32.2. The predicted molar refractivity (Wildman–Crippen MR) is 108 cm³/mol. The number of hydrogen-bond donors (Lipinski definition) is 2. The maximum atomic E-state index is 12.6.